The van der Waals surface area contributed by atoms with Gasteiger partial charge in [-0.3, -0.25) is 19.7 Å². The highest BCUT2D eigenvalue weighted by Gasteiger charge is 2.73. The van der Waals surface area contributed by atoms with E-state index in [-0.39, 0.29) is 17.5 Å². The highest BCUT2D eigenvalue weighted by Crippen LogP contribution is 2.62. The van der Waals surface area contributed by atoms with Crippen molar-refractivity contribution in [2.24, 2.45) is 11.8 Å². The van der Waals surface area contributed by atoms with Crippen molar-refractivity contribution < 1.29 is 19.2 Å². The van der Waals surface area contributed by atoms with Gasteiger partial charge in [-0.15, -0.1) is 0 Å². The molecule has 0 spiro atoms. The average Bonchev–Trinajstić information content (AvgIpc) is 3.26. The molecule has 0 N–H and O–H groups in total. The van der Waals surface area contributed by atoms with Crippen LogP contribution >= 0.6 is 0 Å². The normalized spacial score (nSPS) is 33.7. The molecule has 7 heteroatoms. The molecule has 0 radical (unpaired) electrons. The van der Waals surface area contributed by atoms with Crippen molar-refractivity contribution in [2.75, 3.05) is 4.90 Å². The lowest BCUT2D eigenvalue weighted by Gasteiger charge is -2.29. The molecule has 144 valence electrons. The number of anilines is 1. The number of nitro benzene ring substituents is 1. The predicted octanol–water partition coefficient (Wildman–Crippen LogP) is 3.59. The Bertz CT molecular complexity index is 1070. The highest BCUT2D eigenvalue weighted by atomic mass is 16.6. The molecule has 0 unspecified atom stereocenters. The fourth-order valence-electron chi connectivity index (χ4n) is 5.61. The minimum absolute atomic E-state index is 0.0426. The molecule has 2 aromatic carbocycles. The van der Waals surface area contributed by atoms with E-state index in [0.717, 1.165) is 12.8 Å². The van der Waals surface area contributed by atoms with E-state index in [1.54, 1.807) is 24.3 Å². The number of rotatable bonds is 3. The third-order valence-corrected chi connectivity index (χ3v) is 6.93. The van der Waals surface area contributed by atoms with Gasteiger partial charge in [0, 0.05) is 11.5 Å². The summed E-state index contributed by atoms with van der Waals surface area (Å²) < 4.78 is 6.27. The second kappa shape index (κ2) is 5.38. The van der Waals surface area contributed by atoms with Crippen molar-refractivity contribution >= 4 is 34.0 Å². The second-order valence-electron chi connectivity index (χ2n) is 8.21. The largest absolute Gasteiger partial charge is 0.367 e. The number of fused-ring (bicyclic) bond motifs is 6. The predicted molar refractivity (Wildman–Crippen MR) is 102 cm³/mol. The van der Waals surface area contributed by atoms with Crippen molar-refractivity contribution in [2.45, 2.75) is 44.3 Å². The van der Waals surface area contributed by atoms with Crippen molar-refractivity contribution in [3.05, 3.63) is 46.5 Å². The van der Waals surface area contributed by atoms with Crippen LogP contribution in [-0.4, -0.2) is 27.9 Å². The molecule has 4 atom stereocenters. The van der Waals surface area contributed by atoms with Crippen LogP contribution in [0.5, 0.6) is 0 Å². The molecule has 0 saturated carbocycles. The van der Waals surface area contributed by atoms with Gasteiger partial charge in [-0.2, -0.15) is 0 Å². The SMILES string of the molecule is CC[C@@]12CC[C@@](C)(O1)[C@H]1C(=O)N(c3ccc([N+](=O)[O-])c4ccccc34)C(=O)[C@H]12. The fraction of sp³-hybridized carbons (Fsp3) is 0.429. The van der Waals surface area contributed by atoms with Crippen LogP contribution < -0.4 is 4.90 Å². The molecule has 3 saturated heterocycles. The number of nitro groups is 1. The summed E-state index contributed by atoms with van der Waals surface area (Å²) in [4.78, 5) is 39.0. The molecule has 3 fully saturated rings. The lowest BCUT2D eigenvalue weighted by molar-refractivity contribution is -0.383. The van der Waals surface area contributed by atoms with Gasteiger partial charge in [-0.05, 0) is 38.3 Å². The van der Waals surface area contributed by atoms with Crippen molar-refractivity contribution in [1.29, 1.82) is 0 Å². The summed E-state index contributed by atoms with van der Waals surface area (Å²) in [6.45, 7) is 3.92. The van der Waals surface area contributed by atoms with Crippen LogP contribution in [0.15, 0.2) is 36.4 Å². The van der Waals surface area contributed by atoms with Crippen molar-refractivity contribution in [3.8, 4) is 0 Å². The Kier molecular flexibility index (Phi) is 3.33. The number of hydrogen-bond acceptors (Lipinski definition) is 5. The highest BCUT2D eigenvalue weighted by molar-refractivity contribution is 6.26. The number of benzene rings is 2. The zero-order valence-electron chi connectivity index (χ0n) is 15.7. The van der Waals surface area contributed by atoms with Gasteiger partial charge in [-0.1, -0.05) is 25.1 Å². The van der Waals surface area contributed by atoms with E-state index in [1.165, 1.54) is 17.0 Å². The smallest absolute Gasteiger partial charge is 0.277 e. The zero-order chi connectivity index (χ0) is 19.8. The van der Waals surface area contributed by atoms with Gasteiger partial charge in [-0.25, -0.2) is 4.90 Å². The van der Waals surface area contributed by atoms with Gasteiger partial charge < -0.3 is 4.74 Å². The van der Waals surface area contributed by atoms with Gasteiger partial charge in [0.1, 0.15) is 0 Å². The van der Waals surface area contributed by atoms with E-state index >= 15 is 0 Å². The molecule has 7 nitrogen and oxygen atoms in total. The van der Waals surface area contributed by atoms with Crippen LogP contribution in [-0.2, 0) is 14.3 Å². The monoisotopic (exact) mass is 380 g/mol. The van der Waals surface area contributed by atoms with E-state index in [9.17, 15) is 19.7 Å². The molecule has 2 amide bonds. The third-order valence-electron chi connectivity index (χ3n) is 6.93. The number of carbonyl (C=O) groups excluding carboxylic acids is 2. The Labute approximate surface area is 161 Å². The maximum Gasteiger partial charge on any atom is 0.277 e. The van der Waals surface area contributed by atoms with Crippen LogP contribution in [0.2, 0.25) is 0 Å². The molecule has 0 aromatic heterocycles. The van der Waals surface area contributed by atoms with E-state index in [2.05, 4.69) is 0 Å². The minimum atomic E-state index is -0.626. The van der Waals surface area contributed by atoms with Gasteiger partial charge in [0.05, 0.1) is 39.0 Å². The topological polar surface area (TPSA) is 89.8 Å². The molecule has 0 aliphatic carbocycles. The van der Waals surface area contributed by atoms with Crippen LogP contribution in [0.4, 0.5) is 11.4 Å². The lowest BCUT2D eigenvalue weighted by atomic mass is 9.67. The lowest BCUT2D eigenvalue weighted by Crippen LogP contribution is -2.41. The van der Waals surface area contributed by atoms with Crippen LogP contribution in [0.25, 0.3) is 10.8 Å². The van der Waals surface area contributed by atoms with Gasteiger partial charge in [0.2, 0.25) is 11.8 Å². The summed E-state index contributed by atoms with van der Waals surface area (Å²) in [5, 5.41) is 12.3. The average molecular weight is 380 g/mol. The minimum Gasteiger partial charge on any atom is -0.367 e. The summed E-state index contributed by atoms with van der Waals surface area (Å²) in [7, 11) is 0. The number of carbonyl (C=O) groups is 2. The second-order valence-corrected chi connectivity index (χ2v) is 8.21. The fourth-order valence-corrected chi connectivity index (χ4v) is 5.61. The number of imide groups is 1. The first kappa shape index (κ1) is 17.3. The standard InChI is InChI=1S/C21H20N2O5/c1-3-21-11-10-20(2,28-21)16-17(21)19(25)22(18(16)24)14-8-9-15(23(26)27)13-7-5-4-6-12(13)14/h4-9,16-17H,3,10-11H2,1-2H3/t16-,17+,20-,21+/m1/s1. The zero-order valence-corrected chi connectivity index (χ0v) is 15.7. The first-order valence-corrected chi connectivity index (χ1v) is 9.57. The molecule has 28 heavy (non-hydrogen) atoms. The summed E-state index contributed by atoms with van der Waals surface area (Å²) in [5.41, 5.74) is -0.838. The number of amides is 2. The van der Waals surface area contributed by atoms with Crippen LogP contribution in [0, 0.1) is 22.0 Å². The molecule has 5 rings (SSSR count). The van der Waals surface area contributed by atoms with Crippen LogP contribution in [0.1, 0.15) is 33.1 Å². The molecular formula is C21H20N2O5. The first-order valence-electron chi connectivity index (χ1n) is 9.57. The Balaban J connectivity index is 1.68. The molecular weight excluding hydrogens is 360 g/mol. The number of hydrogen-bond donors (Lipinski definition) is 0. The number of non-ortho nitro benzene ring substituents is 1. The van der Waals surface area contributed by atoms with E-state index in [0.29, 0.717) is 22.9 Å². The quantitative estimate of drug-likeness (QED) is 0.461. The first-order chi connectivity index (χ1) is 13.3. The molecule has 3 aliphatic rings. The maximum absolute atomic E-state index is 13.4. The summed E-state index contributed by atoms with van der Waals surface area (Å²) in [6, 6.07) is 9.71. The van der Waals surface area contributed by atoms with Crippen molar-refractivity contribution in [3.63, 3.8) is 0 Å². The van der Waals surface area contributed by atoms with E-state index < -0.39 is 28.0 Å². The Hall–Kier alpha value is -2.80. The summed E-state index contributed by atoms with van der Waals surface area (Å²) in [5.74, 6) is -1.49. The maximum atomic E-state index is 13.4. The Morgan fingerprint density at radius 2 is 1.79 bits per heavy atom. The van der Waals surface area contributed by atoms with Crippen LogP contribution in [0.3, 0.4) is 0 Å². The third kappa shape index (κ3) is 1.92. The number of ether oxygens (including phenoxy) is 1. The van der Waals surface area contributed by atoms with Crippen molar-refractivity contribution in [1.82, 2.24) is 0 Å². The summed E-state index contributed by atoms with van der Waals surface area (Å²) in [6.07, 6.45) is 2.21. The summed E-state index contributed by atoms with van der Waals surface area (Å²) >= 11 is 0. The van der Waals surface area contributed by atoms with Gasteiger partial charge >= 0.3 is 0 Å². The molecule has 3 heterocycles. The van der Waals surface area contributed by atoms with E-state index in [4.69, 9.17) is 4.74 Å². The van der Waals surface area contributed by atoms with Gasteiger partial charge in [0.15, 0.2) is 0 Å². The Morgan fingerprint density at radius 1 is 1.11 bits per heavy atom. The molecule has 3 aliphatic heterocycles. The Morgan fingerprint density at radius 3 is 2.46 bits per heavy atom. The van der Waals surface area contributed by atoms with E-state index in [1.807, 2.05) is 13.8 Å². The molecule has 2 bridgehead atoms. The molecule has 2 aromatic rings. The van der Waals surface area contributed by atoms with Gasteiger partial charge in [0.25, 0.3) is 5.69 Å². The number of nitrogens with zero attached hydrogens (tertiary/aromatic N) is 2.